The van der Waals surface area contributed by atoms with Crippen molar-refractivity contribution in [3.05, 3.63) is 0 Å². The quantitative estimate of drug-likeness (QED) is 0.731. The Bertz CT molecular complexity index is 209. The van der Waals surface area contributed by atoms with Crippen LogP contribution < -0.4 is 5.32 Å². The average Bonchev–Trinajstić information content (AvgIpc) is 2.06. The second-order valence-corrected chi connectivity index (χ2v) is 5.47. The number of hydrogen-bond donors (Lipinski definition) is 1. The monoisotopic (exact) mass is 213 g/mol. The van der Waals surface area contributed by atoms with Crippen molar-refractivity contribution in [3.8, 4) is 0 Å². The second kappa shape index (κ2) is 5.04. The minimum atomic E-state index is -2.76. The first-order valence-corrected chi connectivity index (χ1v) is 5.80. The Morgan fingerprint density at radius 1 is 1.33 bits per heavy atom. The normalized spacial score (nSPS) is 20.1. The molecule has 0 aromatic heterocycles. The molecule has 0 unspecified atom stereocenters. The zero-order valence-corrected chi connectivity index (χ0v) is 8.88. The van der Waals surface area contributed by atoms with Crippen LogP contribution in [0, 0.1) is 0 Å². The lowest BCUT2D eigenvalue weighted by Gasteiger charge is -2.21. The minimum absolute atomic E-state index is 0. The summed E-state index contributed by atoms with van der Waals surface area (Å²) in [4.78, 5) is 0. The van der Waals surface area contributed by atoms with Crippen LogP contribution in [0.5, 0.6) is 0 Å². The van der Waals surface area contributed by atoms with Gasteiger partial charge in [0.05, 0.1) is 5.25 Å². The second-order valence-electron chi connectivity index (χ2n) is 2.90. The number of rotatable bonds is 2. The Balaban J connectivity index is 0.00000121. The van der Waals surface area contributed by atoms with Crippen LogP contribution in [0.1, 0.15) is 19.8 Å². The van der Waals surface area contributed by atoms with Gasteiger partial charge in [-0.05, 0) is 25.9 Å². The lowest BCUT2D eigenvalue weighted by atomic mass is 10.2. The third-order valence-electron chi connectivity index (χ3n) is 2.20. The van der Waals surface area contributed by atoms with E-state index in [1.165, 1.54) is 0 Å². The largest absolute Gasteiger partial charge is 0.317 e. The molecule has 0 aromatic rings. The Kier molecular flexibility index (Phi) is 5.13. The van der Waals surface area contributed by atoms with Gasteiger partial charge in [-0.25, -0.2) is 8.42 Å². The zero-order valence-electron chi connectivity index (χ0n) is 7.25. The molecule has 1 saturated heterocycles. The summed E-state index contributed by atoms with van der Waals surface area (Å²) < 4.78 is 22.7. The lowest BCUT2D eigenvalue weighted by molar-refractivity contribution is 0.497. The van der Waals surface area contributed by atoms with E-state index in [0.29, 0.717) is 0 Å². The van der Waals surface area contributed by atoms with Gasteiger partial charge in [-0.2, -0.15) is 0 Å². The van der Waals surface area contributed by atoms with E-state index in [2.05, 4.69) is 5.32 Å². The van der Waals surface area contributed by atoms with Gasteiger partial charge in [0.2, 0.25) is 0 Å². The van der Waals surface area contributed by atoms with Gasteiger partial charge in [0.1, 0.15) is 0 Å². The number of sulfone groups is 1. The summed E-state index contributed by atoms with van der Waals surface area (Å²) >= 11 is 0. The molecule has 0 bridgehead atoms. The highest BCUT2D eigenvalue weighted by Gasteiger charge is 2.24. The van der Waals surface area contributed by atoms with Crippen molar-refractivity contribution in [2.75, 3.05) is 18.8 Å². The molecule has 0 saturated carbocycles. The number of nitrogens with one attached hydrogen (secondary N) is 1. The molecule has 0 aromatic carbocycles. The van der Waals surface area contributed by atoms with Crippen molar-refractivity contribution in [2.24, 2.45) is 0 Å². The van der Waals surface area contributed by atoms with E-state index in [0.717, 1.165) is 25.9 Å². The lowest BCUT2D eigenvalue weighted by Crippen LogP contribution is -2.36. The van der Waals surface area contributed by atoms with Crippen LogP contribution in [0.15, 0.2) is 0 Å². The molecule has 5 heteroatoms. The maximum absolute atomic E-state index is 11.3. The van der Waals surface area contributed by atoms with E-state index in [1.54, 1.807) is 6.92 Å². The summed E-state index contributed by atoms with van der Waals surface area (Å²) in [5, 5.41) is 3.07. The summed E-state index contributed by atoms with van der Waals surface area (Å²) in [6.45, 7) is 3.42. The molecule has 1 aliphatic rings. The van der Waals surface area contributed by atoms with Gasteiger partial charge in [-0.3, -0.25) is 0 Å². The van der Waals surface area contributed by atoms with Crippen LogP contribution in [0.2, 0.25) is 0 Å². The van der Waals surface area contributed by atoms with Crippen LogP contribution in [0.25, 0.3) is 0 Å². The molecular formula is C7H16ClNO2S. The average molecular weight is 214 g/mol. The highest BCUT2D eigenvalue weighted by molar-refractivity contribution is 7.92. The molecule has 0 amide bonds. The summed E-state index contributed by atoms with van der Waals surface area (Å²) in [5.74, 6) is 0.289. The van der Waals surface area contributed by atoms with Crippen molar-refractivity contribution in [3.63, 3.8) is 0 Å². The SMILES string of the molecule is CCS(=O)(=O)C1CCNCC1.Cl. The Hall–Kier alpha value is 0.200. The molecule has 3 nitrogen and oxygen atoms in total. The first-order chi connectivity index (χ1) is 5.17. The highest BCUT2D eigenvalue weighted by Crippen LogP contribution is 2.13. The Morgan fingerprint density at radius 3 is 2.25 bits per heavy atom. The predicted molar refractivity (Wildman–Crippen MR) is 52.6 cm³/mol. The van der Waals surface area contributed by atoms with Gasteiger partial charge in [-0.1, -0.05) is 6.92 Å². The summed E-state index contributed by atoms with van der Waals surface area (Å²) in [5.41, 5.74) is 0. The van der Waals surface area contributed by atoms with Crippen LogP contribution in [0.3, 0.4) is 0 Å². The maximum atomic E-state index is 11.3. The molecule has 12 heavy (non-hydrogen) atoms. The molecule has 74 valence electrons. The van der Waals surface area contributed by atoms with E-state index in [4.69, 9.17) is 0 Å². The summed E-state index contributed by atoms with van der Waals surface area (Å²) in [6.07, 6.45) is 1.58. The van der Waals surface area contributed by atoms with Gasteiger partial charge < -0.3 is 5.32 Å². The van der Waals surface area contributed by atoms with Crippen LogP contribution in [-0.2, 0) is 9.84 Å². The Labute approximate surface area is 80.3 Å². The molecular weight excluding hydrogens is 198 g/mol. The molecule has 1 N–H and O–H groups in total. The minimum Gasteiger partial charge on any atom is -0.317 e. The first-order valence-electron chi connectivity index (χ1n) is 4.09. The van der Waals surface area contributed by atoms with Crippen molar-refractivity contribution in [2.45, 2.75) is 25.0 Å². The fraction of sp³-hybridized carbons (Fsp3) is 1.00. The van der Waals surface area contributed by atoms with E-state index in [9.17, 15) is 8.42 Å². The van der Waals surface area contributed by atoms with Gasteiger partial charge in [0, 0.05) is 5.75 Å². The molecule has 0 atom stereocenters. The molecule has 1 aliphatic heterocycles. The first kappa shape index (κ1) is 12.2. The molecule has 0 aliphatic carbocycles. The van der Waals surface area contributed by atoms with Gasteiger partial charge in [0.15, 0.2) is 9.84 Å². The van der Waals surface area contributed by atoms with Crippen LogP contribution in [-0.4, -0.2) is 32.5 Å². The number of halogens is 1. The molecule has 0 radical (unpaired) electrons. The molecule has 1 fully saturated rings. The molecule has 1 heterocycles. The highest BCUT2D eigenvalue weighted by atomic mass is 35.5. The summed E-state index contributed by atoms with van der Waals surface area (Å²) in [7, 11) is -2.76. The molecule has 1 rings (SSSR count). The van der Waals surface area contributed by atoms with Gasteiger partial charge >= 0.3 is 0 Å². The number of piperidine rings is 1. The third kappa shape index (κ3) is 2.92. The van der Waals surface area contributed by atoms with E-state index in [-0.39, 0.29) is 23.4 Å². The fourth-order valence-corrected chi connectivity index (χ4v) is 2.82. The van der Waals surface area contributed by atoms with Crippen molar-refractivity contribution < 1.29 is 8.42 Å². The van der Waals surface area contributed by atoms with E-state index >= 15 is 0 Å². The van der Waals surface area contributed by atoms with E-state index < -0.39 is 9.84 Å². The number of hydrogen-bond acceptors (Lipinski definition) is 3. The molecule has 0 spiro atoms. The third-order valence-corrected chi connectivity index (χ3v) is 4.49. The van der Waals surface area contributed by atoms with Crippen molar-refractivity contribution >= 4 is 22.2 Å². The topological polar surface area (TPSA) is 46.2 Å². The van der Waals surface area contributed by atoms with Crippen molar-refractivity contribution in [1.82, 2.24) is 5.32 Å². The van der Waals surface area contributed by atoms with Gasteiger partial charge in [-0.15, -0.1) is 12.4 Å². The fourth-order valence-electron chi connectivity index (χ4n) is 1.39. The van der Waals surface area contributed by atoms with Crippen LogP contribution >= 0.6 is 12.4 Å². The maximum Gasteiger partial charge on any atom is 0.152 e. The standard InChI is InChI=1S/C7H15NO2S.ClH/c1-2-11(9,10)7-3-5-8-6-4-7;/h7-8H,2-6H2,1H3;1H. The Morgan fingerprint density at radius 2 is 1.83 bits per heavy atom. The van der Waals surface area contributed by atoms with Crippen LogP contribution in [0.4, 0.5) is 0 Å². The smallest absolute Gasteiger partial charge is 0.152 e. The van der Waals surface area contributed by atoms with E-state index in [1.807, 2.05) is 0 Å². The predicted octanol–water partition coefficient (Wildman–Crippen LogP) is 0.595. The zero-order chi connectivity index (χ0) is 8.32. The van der Waals surface area contributed by atoms with Gasteiger partial charge in [0.25, 0.3) is 0 Å². The van der Waals surface area contributed by atoms with Crippen molar-refractivity contribution in [1.29, 1.82) is 0 Å². The summed E-state index contributed by atoms with van der Waals surface area (Å²) in [6, 6.07) is 0.